The minimum absolute atomic E-state index is 0.0586. The van der Waals surface area contributed by atoms with E-state index in [2.05, 4.69) is 10.6 Å². The van der Waals surface area contributed by atoms with Gasteiger partial charge in [-0.2, -0.15) is 0 Å². The van der Waals surface area contributed by atoms with Crippen molar-refractivity contribution in [1.82, 2.24) is 5.32 Å². The first-order valence-corrected chi connectivity index (χ1v) is 7.88. The molecule has 1 aliphatic carbocycles. The molecule has 0 spiro atoms. The molecule has 2 rings (SSSR count). The number of amides is 2. The van der Waals surface area contributed by atoms with Gasteiger partial charge < -0.3 is 10.6 Å². The van der Waals surface area contributed by atoms with E-state index in [0.29, 0.717) is 11.6 Å². The van der Waals surface area contributed by atoms with Crippen LogP contribution in [0.4, 0.5) is 10.1 Å². The number of nitrogens with one attached hydrogen (secondary N) is 2. The summed E-state index contributed by atoms with van der Waals surface area (Å²) in [6, 6.07) is 3.93. The predicted octanol–water partition coefficient (Wildman–Crippen LogP) is 3.36. The van der Waals surface area contributed by atoms with Crippen LogP contribution in [-0.4, -0.2) is 18.4 Å². The van der Waals surface area contributed by atoms with Gasteiger partial charge in [0, 0.05) is 11.6 Å². The number of hydrogen-bond acceptors (Lipinski definition) is 2. The summed E-state index contributed by atoms with van der Waals surface area (Å²) in [6.45, 7) is 1.80. The normalized spacial score (nSPS) is 16.3. The van der Waals surface area contributed by atoms with E-state index in [1.807, 2.05) is 6.92 Å². The Labute approximate surface area is 134 Å². The molecule has 0 bridgehead atoms. The number of carbonyl (C=O) groups is 2. The molecule has 0 aliphatic heterocycles. The van der Waals surface area contributed by atoms with Gasteiger partial charge in [-0.05, 0) is 37.0 Å². The quantitative estimate of drug-likeness (QED) is 0.871. The maximum atomic E-state index is 13.0. The molecule has 1 aliphatic rings. The van der Waals surface area contributed by atoms with E-state index in [1.165, 1.54) is 31.0 Å². The van der Waals surface area contributed by atoms with E-state index in [0.717, 1.165) is 12.8 Å². The summed E-state index contributed by atoms with van der Waals surface area (Å²) < 4.78 is 13.0. The van der Waals surface area contributed by atoms with Crippen molar-refractivity contribution in [3.05, 3.63) is 29.0 Å². The van der Waals surface area contributed by atoms with Crippen LogP contribution in [0, 0.1) is 17.7 Å². The van der Waals surface area contributed by atoms with E-state index >= 15 is 0 Å². The van der Waals surface area contributed by atoms with Crippen molar-refractivity contribution in [1.29, 1.82) is 0 Å². The van der Waals surface area contributed by atoms with E-state index in [-0.39, 0.29) is 29.3 Å². The van der Waals surface area contributed by atoms with Gasteiger partial charge in [-0.3, -0.25) is 9.59 Å². The lowest BCUT2D eigenvalue weighted by molar-refractivity contribution is -0.128. The molecule has 4 nitrogen and oxygen atoms in total. The van der Waals surface area contributed by atoms with Gasteiger partial charge in [-0.25, -0.2) is 4.39 Å². The molecule has 2 amide bonds. The molecule has 0 heterocycles. The average Bonchev–Trinajstić information content (AvgIpc) is 3.02. The van der Waals surface area contributed by atoms with Gasteiger partial charge in [0.05, 0.1) is 11.6 Å². The van der Waals surface area contributed by atoms with Crippen molar-refractivity contribution in [2.75, 3.05) is 11.9 Å². The van der Waals surface area contributed by atoms with Crippen molar-refractivity contribution < 1.29 is 14.0 Å². The van der Waals surface area contributed by atoms with Crippen LogP contribution in [0.1, 0.15) is 32.6 Å². The average molecular weight is 327 g/mol. The van der Waals surface area contributed by atoms with Crippen LogP contribution in [-0.2, 0) is 9.59 Å². The summed E-state index contributed by atoms with van der Waals surface area (Å²) in [4.78, 5) is 23.8. The van der Waals surface area contributed by atoms with Gasteiger partial charge in [-0.15, -0.1) is 0 Å². The number of anilines is 1. The fourth-order valence-corrected chi connectivity index (χ4v) is 2.96. The first-order valence-electron chi connectivity index (χ1n) is 7.50. The minimum Gasteiger partial charge on any atom is -0.347 e. The molecule has 0 saturated heterocycles. The molecule has 1 aromatic rings. The summed E-state index contributed by atoms with van der Waals surface area (Å²) >= 11 is 5.64. The minimum atomic E-state index is -0.543. The molecular weight excluding hydrogens is 307 g/mol. The third-order valence-electron chi connectivity index (χ3n) is 4.15. The maximum absolute atomic E-state index is 13.0. The summed E-state index contributed by atoms with van der Waals surface area (Å²) in [5.74, 6) is -0.665. The fourth-order valence-electron chi connectivity index (χ4n) is 2.78. The van der Waals surface area contributed by atoms with Crippen molar-refractivity contribution in [2.45, 2.75) is 32.6 Å². The molecule has 0 aromatic heterocycles. The summed E-state index contributed by atoms with van der Waals surface area (Å²) in [7, 11) is 0. The summed E-state index contributed by atoms with van der Waals surface area (Å²) in [5.41, 5.74) is 0.398. The molecule has 1 unspecified atom stereocenters. The van der Waals surface area contributed by atoms with Crippen LogP contribution in [0.15, 0.2) is 18.2 Å². The van der Waals surface area contributed by atoms with Crippen LogP contribution in [0.3, 0.4) is 0 Å². The lowest BCUT2D eigenvalue weighted by atomic mass is 9.92. The molecule has 1 aromatic carbocycles. The smallest absolute Gasteiger partial charge is 0.243 e. The van der Waals surface area contributed by atoms with E-state index < -0.39 is 5.82 Å². The van der Waals surface area contributed by atoms with Gasteiger partial charge in [0.25, 0.3) is 0 Å². The SMILES string of the molecule is CC(C(=O)NCC(=O)Nc1ccc(F)c(Cl)c1)C1CCCC1. The van der Waals surface area contributed by atoms with Crippen LogP contribution < -0.4 is 10.6 Å². The Morgan fingerprint density at radius 2 is 2.05 bits per heavy atom. The molecule has 1 fully saturated rings. The highest BCUT2D eigenvalue weighted by atomic mass is 35.5. The number of rotatable bonds is 5. The topological polar surface area (TPSA) is 58.2 Å². The monoisotopic (exact) mass is 326 g/mol. The number of benzene rings is 1. The Bertz CT molecular complexity index is 559. The Morgan fingerprint density at radius 3 is 2.68 bits per heavy atom. The number of carbonyl (C=O) groups excluding carboxylic acids is 2. The van der Waals surface area contributed by atoms with E-state index in [4.69, 9.17) is 11.6 Å². The van der Waals surface area contributed by atoms with Crippen LogP contribution in [0.2, 0.25) is 5.02 Å². The maximum Gasteiger partial charge on any atom is 0.243 e. The first-order chi connectivity index (χ1) is 10.5. The summed E-state index contributed by atoms with van der Waals surface area (Å²) in [6.07, 6.45) is 4.51. The molecule has 0 radical (unpaired) electrons. The van der Waals surface area contributed by atoms with Gasteiger partial charge in [0.1, 0.15) is 5.82 Å². The zero-order valence-corrected chi connectivity index (χ0v) is 13.3. The Kier molecular flexibility index (Phi) is 5.77. The highest BCUT2D eigenvalue weighted by Crippen LogP contribution is 2.31. The molecular formula is C16H20ClFN2O2. The molecule has 1 atom stereocenters. The van der Waals surface area contributed by atoms with E-state index in [9.17, 15) is 14.0 Å². The fraction of sp³-hybridized carbons (Fsp3) is 0.500. The number of hydrogen-bond donors (Lipinski definition) is 2. The second-order valence-corrected chi connectivity index (χ2v) is 6.14. The zero-order valence-electron chi connectivity index (χ0n) is 12.5. The molecule has 22 heavy (non-hydrogen) atoms. The highest BCUT2D eigenvalue weighted by molar-refractivity contribution is 6.31. The van der Waals surface area contributed by atoms with Crippen LogP contribution in [0.5, 0.6) is 0 Å². The van der Waals surface area contributed by atoms with Crippen molar-refractivity contribution >= 4 is 29.1 Å². The van der Waals surface area contributed by atoms with Gasteiger partial charge in [-0.1, -0.05) is 31.4 Å². The second-order valence-electron chi connectivity index (χ2n) is 5.73. The third kappa shape index (κ3) is 4.44. The molecule has 120 valence electrons. The van der Waals surface area contributed by atoms with Crippen molar-refractivity contribution in [3.8, 4) is 0 Å². The lowest BCUT2D eigenvalue weighted by Crippen LogP contribution is -2.37. The highest BCUT2D eigenvalue weighted by Gasteiger charge is 2.26. The first kappa shape index (κ1) is 16.7. The standard InChI is InChI=1S/C16H20ClFN2O2/c1-10(11-4-2-3-5-11)16(22)19-9-15(21)20-12-6-7-14(18)13(17)8-12/h6-8,10-11H,2-5,9H2,1H3,(H,19,22)(H,20,21). The zero-order chi connectivity index (χ0) is 16.1. The van der Waals surface area contributed by atoms with Crippen LogP contribution in [0.25, 0.3) is 0 Å². The third-order valence-corrected chi connectivity index (χ3v) is 4.44. The Balaban J connectivity index is 1.79. The van der Waals surface area contributed by atoms with E-state index in [1.54, 1.807) is 0 Å². The van der Waals surface area contributed by atoms with Gasteiger partial charge >= 0.3 is 0 Å². The van der Waals surface area contributed by atoms with Crippen molar-refractivity contribution in [2.24, 2.45) is 11.8 Å². The second kappa shape index (κ2) is 7.58. The van der Waals surface area contributed by atoms with Crippen molar-refractivity contribution in [3.63, 3.8) is 0 Å². The molecule has 2 N–H and O–H groups in total. The van der Waals surface area contributed by atoms with Crippen LogP contribution >= 0.6 is 11.6 Å². The largest absolute Gasteiger partial charge is 0.347 e. The van der Waals surface area contributed by atoms with Gasteiger partial charge in [0.2, 0.25) is 11.8 Å². The Hall–Kier alpha value is -1.62. The predicted molar refractivity (Wildman–Crippen MR) is 84.2 cm³/mol. The molecule has 6 heteroatoms. The summed E-state index contributed by atoms with van der Waals surface area (Å²) in [5, 5.41) is 5.16. The lowest BCUT2D eigenvalue weighted by Gasteiger charge is -2.18. The Morgan fingerprint density at radius 1 is 1.36 bits per heavy atom. The molecule has 1 saturated carbocycles. The number of halogens is 2. The van der Waals surface area contributed by atoms with Gasteiger partial charge in [0.15, 0.2) is 0 Å².